The Bertz CT molecular complexity index is 443. The van der Waals surface area contributed by atoms with Crippen molar-refractivity contribution in [2.24, 2.45) is 17.1 Å². The number of likely N-dealkylation sites (tertiary alicyclic amines) is 1. The maximum atomic E-state index is 14.2. The predicted octanol–water partition coefficient (Wildman–Crippen LogP) is 3.54. The van der Waals surface area contributed by atoms with Gasteiger partial charge in [-0.05, 0) is 37.3 Å². The highest BCUT2D eigenvalue weighted by molar-refractivity contribution is 5.25. The van der Waals surface area contributed by atoms with Crippen molar-refractivity contribution in [2.45, 2.75) is 46.7 Å². The van der Waals surface area contributed by atoms with Gasteiger partial charge in [0, 0.05) is 24.2 Å². The molecule has 2 N–H and O–H groups in total. The number of hydrogen-bond donors (Lipinski definition) is 1. The van der Waals surface area contributed by atoms with Gasteiger partial charge in [0.25, 0.3) is 0 Å². The van der Waals surface area contributed by atoms with Crippen molar-refractivity contribution in [3.63, 3.8) is 0 Å². The molecule has 0 bridgehead atoms. The number of rotatable bonds is 3. The summed E-state index contributed by atoms with van der Waals surface area (Å²) in [5.74, 6) is 0.659. The first-order valence-corrected chi connectivity index (χ1v) is 7.60. The lowest BCUT2D eigenvalue weighted by Gasteiger charge is -2.38. The van der Waals surface area contributed by atoms with E-state index in [1.54, 1.807) is 6.07 Å². The Balaban J connectivity index is 1.96. The van der Waals surface area contributed by atoms with E-state index in [2.05, 4.69) is 25.7 Å². The molecule has 1 fully saturated rings. The van der Waals surface area contributed by atoms with Gasteiger partial charge in [-0.15, -0.1) is 0 Å². The molecule has 0 radical (unpaired) electrons. The standard InChI is InChI=1S/C17H27FN2/c1-17(2,3)15-7-9-20(10-8-15)12-14-6-4-5-13(11-19)16(14)18/h4-6,15H,7-12,19H2,1-3H3. The largest absolute Gasteiger partial charge is 0.326 e. The van der Waals surface area contributed by atoms with Crippen LogP contribution in [0.25, 0.3) is 0 Å². The van der Waals surface area contributed by atoms with E-state index in [1.807, 2.05) is 12.1 Å². The van der Waals surface area contributed by atoms with Crippen LogP contribution in [0.4, 0.5) is 4.39 Å². The van der Waals surface area contributed by atoms with Crippen molar-refractivity contribution in [3.05, 3.63) is 35.1 Å². The molecule has 1 saturated heterocycles. The molecule has 0 unspecified atom stereocenters. The van der Waals surface area contributed by atoms with E-state index in [4.69, 9.17) is 5.73 Å². The lowest BCUT2D eigenvalue weighted by molar-refractivity contribution is 0.107. The molecule has 1 aromatic carbocycles. The molecular weight excluding hydrogens is 251 g/mol. The first-order valence-electron chi connectivity index (χ1n) is 7.60. The zero-order valence-corrected chi connectivity index (χ0v) is 13.0. The summed E-state index contributed by atoms with van der Waals surface area (Å²) < 4.78 is 14.2. The van der Waals surface area contributed by atoms with E-state index in [-0.39, 0.29) is 12.4 Å². The fraction of sp³-hybridized carbons (Fsp3) is 0.647. The summed E-state index contributed by atoms with van der Waals surface area (Å²) in [6, 6.07) is 5.55. The van der Waals surface area contributed by atoms with Gasteiger partial charge in [-0.25, -0.2) is 4.39 Å². The molecule has 2 rings (SSSR count). The van der Waals surface area contributed by atoms with E-state index in [1.165, 1.54) is 12.8 Å². The van der Waals surface area contributed by atoms with Crippen molar-refractivity contribution in [1.82, 2.24) is 4.90 Å². The van der Waals surface area contributed by atoms with Gasteiger partial charge in [-0.1, -0.05) is 39.0 Å². The monoisotopic (exact) mass is 278 g/mol. The summed E-state index contributed by atoms with van der Waals surface area (Å²) in [5.41, 5.74) is 7.35. The van der Waals surface area contributed by atoms with Gasteiger partial charge in [-0.3, -0.25) is 4.90 Å². The van der Waals surface area contributed by atoms with Gasteiger partial charge >= 0.3 is 0 Å². The molecule has 3 heteroatoms. The normalized spacial score (nSPS) is 18.4. The number of hydrogen-bond acceptors (Lipinski definition) is 2. The minimum absolute atomic E-state index is 0.118. The molecule has 20 heavy (non-hydrogen) atoms. The van der Waals surface area contributed by atoms with Gasteiger partial charge in [0.05, 0.1) is 0 Å². The van der Waals surface area contributed by atoms with Gasteiger partial charge in [0.15, 0.2) is 0 Å². The van der Waals surface area contributed by atoms with Gasteiger partial charge in [0.2, 0.25) is 0 Å². The van der Waals surface area contributed by atoms with Crippen LogP contribution in [0.1, 0.15) is 44.7 Å². The summed E-state index contributed by atoms with van der Waals surface area (Å²) >= 11 is 0. The molecule has 2 nitrogen and oxygen atoms in total. The van der Waals surface area contributed by atoms with Crippen LogP contribution in [0.5, 0.6) is 0 Å². The molecule has 0 atom stereocenters. The average molecular weight is 278 g/mol. The van der Waals surface area contributed by atoms with Crippen molar-refractivity contribution < 1.29 is 4.39 Å². The second-order valence-electron chi connectivity index (χ2n) is 7.01. The smallest absolute Gasteiger partial charge is 0.132 e. The van der Waals surface area contributed by atoms with Crippen LogP contribution >= 0.6 is 0 Å². The highest BCUT2D eigenvalue weighted by atomic mass is 19.1. The quantitative estimate of drug-likeness (QED) is 0.916. The maximum absolute atomic E-state index is 14.2. The van der Waals surface area contributed by atoms with Crippen LogP contribution in [0.2, 0.25) is 0 Å². The van der Waals surface area contributed by atoms with E-state index >= 15 is 0 Å². The lowest BCUT2D eigenvalue weighted by Crippen LogP contribution is -2.37. The van der Waals surface area contributed by atoms with Gasteiger partial charge in [0.1, 0.15) is 5.82 Å². The number of halogens is 1. The number of nitrogens with zero attached hydrogens (tertiary/aromatic N) is 1. The number of benzene rings is 1. The summed E-state index contributed by atoms with van der Waals surface area (Å²) in [7, 11) is 0. The Morgan fingerprint density at radius 2 is 1.80 bits per heavy atom. The summed E-state index contributed by atoms with van der Waals surface area (Å²) in [5, 5.41) is 0. The minimum atomic E-state index is -0.118. The van der Waals surface area contributed by atoms with Crippen molar-refractivity contribution >= 4 is 0 Å². The summed E-state index contributed by atoms with van der Waals surface area (Å²) in [6.07, 6.45) is 2.42. The Hall–Kier alpha value is -0.930. The average Bonchev–Trinajstić information content (AvgIpc) is 2.41. The Morgan fingerprint density at radius 3 is 2.35 bits per heavy atom. The van der Waals surface area contributed by atoms with Crippen molar-refractivity contribution in [3.8, 4) is 0 Å². The number of piperidine rings is 1. The lowest BCUT2D eigenvalue weighted by atomic mass is 9.75. The third kappa shape index (κ3) is 3.58. The fourth-order valence-corrected chi connectivity index (χ4v) is 3.11. The van der Waals surface area contributed by atoms with Crippen LogP contribution in [0, 0.1) is 17.2 Å². The molecule has 0 aliphatic carbocycles. The molecule has 1 aliphatic rings. The predicted molar refractivity (Wildman–Crippen MR) is 81.7 cm³/mol. The SMILES string of the molecule is CC(C)(C)C1CCN(Cc2cccc(CN)c2F)CC1. The molecular formula is C17H27FN2. The molecule has 1 aromatic rings. The number of nitrogens with two attached hydrogens (primary N) is 1. The fourth-order valence-electron chi connectivity index (χ4n) is 3.11. The summed E-state index contributed by atoms with van der Waals surface area (Å²) in [4.78, 5) is 2.36. The molecule has 1 heterocycles. The molecule has 0 amide bonds. The molecule has 0 aromatic heterocycles. The molecule has 0 saturated carbocycles. The second kappa shape index (κ2) is 6.23. The minimum Gasteiger partial charge on any atom is -0.326 e. The first kappa shape index (κ1) is 15.5. The van der Waals surface area contributed by atoms with E-state index in [9.17, 15) is 4.39 Å². The Labute approximate surface area is 122 Å². The van der Waals surface area contributed by atoms with Gasteiger partial charge in [-0.2, -0.15) is 0 Å². The highest BCUT2D eigenvalue weighted by Crippen LogP contribution is 2.34. The Morgan fingerprint density at radius 1 is 1.20 bits per heavy atom. The maximum Gasteiger partial charge on any atom is 0.132 e. The topological polar surface area (TPSA) is 29.3 Å². The van der Waals surface area contributed by atoms with Crippen molar-refractivity contribution in [1.29, 1.82) is 0 Å². The second-order valence-corrected chi connectivity index (χ2v) is 7.01. The zero-order chi connectivity index (χ0) is 14.8. The Kier molecular flexibility index (Phi) is 4.82. The molecule has 1 aliphatic heterocycles. The third-order valence-corrected chi connectivity index (χ3v) is 4.58. The van der Waals surface area contributed by atoms with E-state index < -0.39 is 0 Å². The third-order valence-electron chi connectivity index (χ3n) is 4.58. The molecule has 0 spiro atoms. The highest BCUT2D eigenvalue weighted by Gasteiger charge is 2.28. The molecule has 112 valence electrons. The van der Waals surface area contributed by atoms with E-state index in [0.29, 0.717) is 17.5 Å². The first-order chi connectivity index (χ1) is 9.41. The van der Waals surface area contributed by atoms with Crippen LogP contribution in [-0.4, -0.2) is 18.0 Å². The van der Waals surface area contributed by atoms with Crippen LogP contribution in [0.15, 0.2) is 18.2 Å². The van der Waals surface area contributed by atoms with Crippen molar-refractivity contribution in [2.75, 3.05) is 13.1 Å². The van der Waals surface area contributed by atoms with Crippen LogP contribution in [-0.2, 0) is 13.1 Å². The summed E-state index contributed by atoms with van der Waals surface area (Å²) in [6.45, 7) is 10.1. The van der Waals surface area contributed by atoms with E-state index in [0.717, 1.165) is 24.6 Å². The van der Waals surface area contributed by atoms with Crippen LogP contribution < -0.4 is 5.73 Å². The van der Waals surface area contributed by atoms with Gasteiger partial charge < -0.3 is 5.73 Å². The van der Waals surface area contributed by atoms with Crippen LogP contribution in [0.3, 0.4) is 0 Å². The zero-order valence-electron chi connectivity index (χ0n) is 13.0.